The zero-order chi connectivity index (χ0) is 24.5. The van der Waals surface area contributed by atoms with Gasteiger partial charge in [0, 0.05) is 28.2 Å². The van der Waals surface area contributed by atoms with Crippen molar-refractivity contribution in [3.8, 4) is 22.6 Å². The first-order valence-corrected chi connectivity index (χ1v) is 11.9. The number of furan rings is 1. The van der Waals surface area contributed by atoms with Crippen LogP contribution in [0.2, 0.25) is 0 Å². The van der Waals surface area contributed by atoms with Crippen LogP contribution in [0.5, 0.6) is 11.5 Å². The Kier molecular flexibility index (Phi) is 6.01. The highest BCUT2D eigenvalue weighted by Crippen LogP contribution is 2.41. The fourth-order valence-corrected chi connectivity index (χ4v) is 5.08. The second-order valence-corrected chi connectivity index (χ2v) is 9.17. The van der Waals surface area contributed by atoms with E-state index in [0.29, 0.717) is 10.9 Å². The Morgan fingerprint density at radius 1 is 1.09 bits per heavy atom. The number of ether oxygens (including phenoxy) is 2. The summed E-state index contributed by atoms with van der Waals surface area (Å²) in [4.78, 5) is 17.3. The molecular weight excluding hydrogens is 460 g/mol. The summed E-state index contributed by atoms with van der Waals surface area (Å²) in [6.45, 7) is 3.86. The van der Waals surface area contributed by atoms with Crippen LogP contribution in [0.15, 0.2) is 71.4 Å². The van der Waals surface area contributed by atoms with Crippen LogP contribution >= 0.6 is 11.3 Å². The van der Waals surface area contributed by atoms with Crippen LogP contribution in [-0.4, -0.2) is 25.1 Å². The second kappa shape index (κ2) is 9.27. The average molecular weight is 485 g/mol. The van der Waals surface area contributed by atoms with Gasteiger partial charge in [0.15, 0.2) is 5.13 Å². The Morgan fingerprint density at radius 3 is 2.57 bits per heavy atom. The molecule has 0 unspecified atom stereocenters. The fourth-order valence-electron chi connectivity index (χ4n) is 4.21. The number of aryl methyl sites for hydroxylation is 1. The van der Waals surface area contributed by atoms with Gasteiger partial charge in [-0.2, -0.15) is 0 Å². The van der Waals surface area contributed by atoms with Gasteiger partial charge in [-0.25, -0.2) is 4.98 Å². The minimum Gasteiger partial charge on any atom is -0.497 e. The molecule has 7 heteroatoms. The van der Waals surface area contributed by atoms with Gasteiger partial charge in [-0.15, -0.1) is 0 Å². The van der Waals surface area contributed by atoms with Gasteiger partial charge in [0.25, 0.3) is 0 Å². The number of anilines is 1. The molecule has 3 aromatic carbocycles. The summed E-state index contributed by atoms with van der Waals surface area (Å²) in [5, 5.41) is 4.40. The normalized spacial score (nSPS) is 11.7. The SMILES string of the molecule is COc1ccc(-c2coc3c(C)c(OC)c(/C(C)=C/C(=O)Nc4nc5ccccc5s4)cc23)cc1. The molecule has 2 heterocycles. The topological polar surface area (TPSA) is 73.6 Å². The van der Waals surface area contributed by atoms with Gasteiger partial charge in [-0.1, -0.05) is 35.6 Å². The number of thiazole rings is 1. The molecule has 5 aromatic rings. The quantitative estimate of drug-likeness (QED) is 0.261. The smallest absolute Gasteiger partial charge is 0.250 e. The number of nitrogens with one attached hydrogen (secondary N) is 1. The first-order chi connectivity index (χ1) is 17.0. The Bertz CT molecular complexity index is 1550. The molecule has 0 atom stereocenters. The first kappa shape index (κ1) is 22.7. The van der Waals surface area contributed by atoms with Gasteiger partial charge >= 0.3 is 0 Å². The van der Waals surface area contributed by atoms with Crippen molar-refractivity contribution in [1.82, 2.24) is 4.98 Å². The number of nitrogens with zero attached hydrogens (tertiary/aromatic N) is 1. The number of fused-ring (bicyclic) bond motifs is 2. The molecular formula is C28H24N2O4S. The van der Waals surface area contributed by atoms with Crippen molar-refractivity contribution in [1.29, 1.82) is 0 Å². The summed E-state index contributed by atoms with van der Waals surface area (Å²) < 4.78 is 18.0. The summed E-state index contributed by atoms with van der Waals surface area (Å²) in [6, 6.07) is 17.6. The molecule has 1 amide bonds. The van der Waals surface area contributed by atoms with E-state index < -0.39 is 0 Å². The number of benzene rings is 3. The molecule has 176 valence electrons. The van der Waals surface area contributed by atoms with Gasteiger partial charge in [0.05, 0.1) is 30.7 Å². The van der Waals surface area contributed by atoms with Gasteiger partial charge in [0.1, 0.15) is 17.1 Å². The Labute approximate surface area is 206 Å². The largest absolute Gasteiger partial charge is 0.497 e. The maximum Gasteiger partial charge on any atom is 0.250 e. The fraction of sp³-hybridized carbons (Fsp3) is 0.143. The maximum atomic E-state index is 12.8. The lowest BCUT2D eigenvalue weighted by Crippen LogP contribution is -2.08. The Balaban J connectivity index is 1.52. The maximum absolute atomic E-state index is 12.8. The van der Waals surface area contributed by atoms with Gasteiger partial charge < -0.3 is 13.9 Å². The van der Waals surface area contributed by atoms with Crippen molar-refractivity contribution in [2.24, 2.45) is 0 Å². The zero-order valence-corrected chi connectivity index (χ0v) is 20.7. The molecule has 5 rings (SSSR count). The van der Waals surface area contributed by atoms with Gasteiger partial charge in [-0.3, -0.25) is 10.1 Å². The van der Waals surface area contributed by atoms with Crippen LogP contribution in [0.25, 0.3) is 37.9 Å². The van der Waals surface area contributed by atoms with E-state index in [1.165, 1.54) is 11.3 Å². The zero-order valence-electron chi connectivity index (χ0n) is 19.8. The standard InChI is InChI=1S/C28H24N2O4S/c1-16(13-25(31)30-28-29-23-7-5-6-8-24(23)35-28)20-14-21-22(18-9-11-19(32-3)12-10-18)15-34-27(21)17(2)26(20)33-4/h5-15H,1-4H3,(H,29,30,31)/b16-13+. The Hall–Kier alpha value is -4.10. The highest BCUT2D eigenvalue weighted by molar-refractivity contribution is 7.22. The Morgan fingerprint density at radius 2 is 1.86 bits per heavy atom. The third-order valence-electron chi connectivity index (χ3n) is 5.95. The van der Waals surface area contributed by atoms with Crippen LogP contribution in [0.3, 0.4) is 0 Å². The van der Waals surface area contributed by atoms with E-state index in [1.807, 2.05) is 68.4 Å². The summed E-state index contributed by atoms with van der Waals surface area (Å²) in [5.41, 5.74) is 6.06. The number of hydrogen-bond acceptors (Lipinski definition) is 6. The third-order valence-corrected chi connectivity index (χ3v) is 6.90. The molecule has 2 aromatic heterocycles. The van der Waals surface area contributed by atoms with E-state index in [0.717, 1.165) is 54.8 Å². The van der Waals surface area contributed by atoms with Crippen LogP contribution in [0.1, 0.15) is 18.1 Å². The predicted octanol–water partition coefficient (Wildman–Crippen LogP) is 7.08. The number of aromatic nitrogens is 1. The third kappa shape index (κ3) is 4.26. The number of methoxy groups -OCH3 is 2. The van der Waals surface area contributed by atoms with E-state index in [2.05, 4.69) is 10.3 Å². The molecule has 0 saturated carbocycles. The van der Waals surface area contributed by atoms with Crippen molar-refractivity contribution < 1.29 is 18.7 Å². The van der Waals surface area contributed by atoms with Gasteiger partial charge in [-0.05, 0) is 55.3 Å². The van der Waals surface area contributed by atoms with Crippen LogP contribution in [0, 0.1) is 6.92 Å². The highest BCUT2D eigenvalue weighted by Gasteiger charge is 2.19. The lowest BCUT2D eigenvalue weighted by atomic mass is 9.96. The number of allylic oxidation sites excluding steroid dienone is 1. The summed E-state index contributed by atoms with van der Waals surface area (Å²) >= 11 is 1.45. The molecule has 0 aliphatic rings. The van der Waals surface area contributed by atoms with Crippen molar-refractivity contribution in [3.63, 3.8) is 0 Å². The lowest BCUT2D eigenvalue weighted by molar-refractivity contribution is -0.111. The lowest BCUT2D eigenvalue weighted by Gasteiger charge is -2.13. The van der Waals surface area contributed by atoms with E-state index >= 15 is 0 Å². The molecule has 6 nitrogen and oxygen atoms in total. The minimum atomic E-state index is -0.246. The molecule has 0 bridgehead atoms. The molecule has 0 saturated heterocycles. The predicted molar refractivity (Wildman–Crippen MR) is 141 cm³/mol. The first-order valence-electron chi connectivity index (χ1n) is 11.1. The molecule has 35 heavy (non-hydrogen) atoms. The number of carbonyl (C=O) groups excluding carboxylic acids is 1. The minimum absolute atomic E-state index is 0.246. The number of hydrogen-bond donors (Lipinski definition) is 1. The molecule has 1 N–H and O–H groups in total. The number of amides is 1. The molecule has 0 aliphatic heterocycles. The number of carbonyl (C=O) groups is 1. The number of para-hydroxylation sites is 1. The van der Waals surface area contributed by atoms with E-state index in [4.69, 9.17) is 13.9 Å². The van der Waals surface area contributed by atoms with Gasteiger partial charge in [0.2, 0.25) is 5.91 Å². The number of rotatable bonds is 6. The molecule has 0 fully saturated rings. The van der Waals surface area contributed by atoms with Crippen LogP contribution in [-0.2, 0) is 4.79 Å². The van der Waals surface area contributed by atoms with E-state index in [1.54, 1.807) is 26.6 Å². The van der Waals surface area contributed by atoms with Crippen molar-refractivity contribution >= 4 is 49.1 Å². The second-order valence-electron chi connectivity index (χ2n) is 8.14. The summed E-state index contributed by atoms with van der Waals surface area (Å²) in [6.07, 6.45) is 3.32. The van der Waals surface area contributed by atoms with Crippen molar-refractivity contribution in [3.05, 3.63) is 78.1 Å². The molecule has 0 radical (unpaired) electrons. The van der Waals surface area contributed by atoms with Crippen LogP contribution in [0.4, 0.5) is 5.13 Å². The van der Waals surface area contributed by atoms with Crippen LogP contribution < -0.4 is 14.8 Å². The van der Waals surface area contributed by atoms with Crippen molar-refractivity contribution in [2.45, 2.75) is 13.8 Å². The monoisotopic (exact) mass is 484 g/mol. The van der Waals surface area contributed by atoms with E-state index in [-0.39, 0.29) is 5.91 Å². The molecule has 0 spiro atoms. The summed E-state index contributed by atoms with van der Waals surface area (Å²) in [5.74, 6) is 1.22. The average Bonchev–Trinajstić information content (AvgIpc) is 3.47. The summed E-state index contributed by atoms with van der Waals surface area (Å²) in [7, 11) is 3.27. The molecule has 0 aliphatic carbocycles. The highest BCUT2D eigenvalue weighted by atomic mass is 32.1. The van der Waals surface area contributed by atoms with E-state index in [9.17, 15) is 4.79 Å². The van der Waals surface area contributed by atoms with Crippen molar-refractivity contribution in [2.75, 3.05) is 19.5 Å².